The first-order valence-corrected chi connectivity index (χ1v) is 15.2. The Labute approximate surface area is 258 Å². The lowest BCUT2D eigenvalue weighted by Gasteiger charge is -2.37. The van der Waals surface area contributed by atoms with E-state index in [0.29, 0.717) is 43.1 Å². The number of piperazine rings is 1. The molecule has 0 bridgehead atoms. The third-order valence-corrected chi connectivity index (χ3v) is 7.61. The van der Waals surface area contributed by atoms with Crippen LogP contribution in [0.5, 0.6) is 0 Å². The lowest BCUT2D eigenvalue weighted by atomic mass is 9.98. The number of carbonyl (C=O) groups is 4. The Morgan fingerprint density at radius 3 is 2.34 bits per heavy atom. The molecule has 2 aromatic rings. The largest absolute Gasteiger partial charge is 0.462 e. The fourth-order valence-electron chi connectivity index (χ4n) is 5.35. The summed E-state index contributed by atoms with van der Waals surface area (Å²) in [5.41, 5.74) is 1.50. The van der Waals surface area contributed by atoms with Gasteiger partial charge in [0.2, 0.25) is 5.91 Å². The number of esters is 1. The zero-order valence-corrected chi connectivity index (χ0v) is 25.7. The van der Waals surface area contributed by atoms with E-state index in [9.17, 15) is 19.2 Å². The van der Waals surface area contributed by atoms with Crippen LogP contribution >= 0.6 is 0 Å². The van der Waals surface area contributed by atoms with Gasteiger partial charge in [0.25, 0.3) is 5.91 Å². The number of hydrogen-bond acceptors (Lipinski definition) is 8. The number of anilines is 2. The Hall–Kier alpha value is -4.53. The number of nitrogens with one attached hydrogen (secondary N) is 3. The number of nitrogens with zero attached hydrogens (tertiary/aromatic N) is 3. The first-order valence-electron chi connectivity index (χ1n) is 15.2. The van der Waals surface area contributed by atoms with E-state index in [1.807, 2.05) is 18.2 Å². The highest BCUT2D eigenvalue weighted by Crippen LogP contribution is 2.23. The monoisotopic (exact) mass is 606 g/mol. The molecule has 3 amide bonds. The van der Waals surface area contributed by atoms with E-state index in [1.54, 1.807) is 37.8 Å². The summed E-state index contributed by atoms with van der Waals surface area (Å²) in [4.78, 5) is 57.7. The van der Waals surface area contributed by atoms with Gasteiger partial charge in [-0.3, -0.25) is 14.4 Å². The normalized spacial score (nSPS) is 16.4. The summed E-state index contributed by atoms with van der Waals surface area (Å²) in [7, 11) is 0. The minimum atomic E-state index is -0.915. The number of hydrogen-bond donors (Lipinski definition) is 3. The van der Waals surface area contributed by atoms with Crippen molar-refractivity contribution in [3.05, 3.63) is 47.8 Å². The maximum Gasteiger partial charge on any atom is 0.408 e. The van der Waals surface area contributed by atoms with E-state index in [2.05, 4.69) is 20.5 Å². The highest BCUT2D eigenvalue weighted by Gasteiger charge is 2.31. The SMILES string of the molecule is CC(C)(C)OC(=O)NC(CCC(=O)OC1CCCCC1)C(=O)N1CCN(c2ccc(NC(=O)c3cc(C#N)c[nH]3)cc2)CC1. The van der Waals surface area contributed by atoms with Crippen LogP contribution in [-0.4, -0.2) is 77.7 Å². The van der Waals surface area contributed by atoms with Crippen molar-refractivity contribution in [2.45, 2.75) is 83.5 Å². The number of nitriles is 1. The average molecular weight is 607 g/mol. The fraction of sp³-hybridized carbons (Fsp3) is 0.531. The van der Waals surface area contributed by atoms with Crippen molar-refractivity contribution in [1.29, 1.82) is 5.26 Å². The predicted octanol–water partition coefficient (Wildman–Crippen LogP) is 4.34. The van der Waals surface area contributed by atoms with Crippen LogP contribution in [-0.2, 0) is 19.1 Å². The minimum Gasteiger partial charge on any atom is -0.462 e. The summed E-state index contributed by atoms with van der Waals surface area (Å²) in [6.45, 7) is 7.25. The van der Waals surface area contributed by atoms with Gasteiger partial charge in [-0.25, -0.2) is 4.79 Å². The Balaban J connectivity index is 1.31. The van der Waals surface area contributed by atoms with Gasteiger partial charge in [0.05, 0.1) is 5.56 Å². The summed E-state index contributed by atoms with van der Waals surface area (Å²) in [5.74, 6) is -0.962. The van der Waals surface area contributed by atoms with E-state index in [1.165, 1.54) is 12.3 Å². The van der Waals surface area contributed by atoms with Crippen molar-refractivity contribution in [3.8, 4) is 6.07 Å². The van der Waals surface area contributed by atoms with Crippen molar-refractivity contribution >= 4 is 35.3 Å². The van der Waals surface area contributed by atoms with E-state index in [-0.39, 0.29) is 36.7 Å². The Bertz CT molecular complexity index is 1340. The van der Waals surface area contributed by atoms with Gasteiger partial charge in [-0.05, 0) is 83.2 Å². The Morgan fingerprint density at radius 1 is 1.05 bits per heavy atom. The molecule has 1 unspecified atom stereocenters. The van der Waals surface area contributed by atoms with Crippen LogP contribution in [0.15, 0.2) is 36.5 Å². The molecule has 4 rings (SSSR count). The molecule has 1 saturated carbocycles. The predicted molar refractivity (Wildman–Crippen MR) is 164 cm³/mol. The number of amides is 3. The summed E-state index contributed by atoms with van der Waals surface area (Å²) in [6.07, 6.45) is 5.82. The second-order valence-electron chi connectivity index (χ2n) is 12.2. The lowest BCUT2D eigenvalue weighted by molar-refractivity contribution is -0.150. The van der Waals surface area contributed by atoms with Crippen LogP contribution < -0.4 is 15.5 Å². The molecule has 2 aliphatic rings. The van der Waals surface area contributed by atoms with E-state index in [0.717, 1.165) is 37.8 Å². The molecule has 2 heterocycles. The first-order chi connectivity index (χ1) is 21.0. The average Bonchev–Trinajstić information content (AvgIpc) is 3.49. The van der Waals surface area contributed by atoms with Crippen LogP contribution in [0.25, 0.3) is 0 Å². The summed E-state index contributed by atoms with van der Waals surface area (Å²) >= 11 is 0. The molecule has 1 aliphatic heterocycles. The third kappa shape index (κ3) is 9.49. The molecule has 44 heavy (non-hydrogen) atoms. The minimum absolute atomic E-state index is 0.0227. The van der Waals surface area contributed by atoms with Gasteiger partial charge in [-0.15, -0.1) is 0 Å². The molecule has 0 spiro atoms. The number of benzene rings is 1. The first kappa shape index (κ1) is 32.4. The van der Waals surface area contributed by atoms with Crippen LogP contribution in [0, 0.1) is 11.3 Å². The highest BCUT2D eigenvalue weighted by atomic mass is 16.6. The molecule has 0 radical (unpaired) electrons. The standard InChI is InChI=1S/C32H42N6O6/c1-32(2,3)44-31(42)36-26(13-14-28(39)43-25-7-5-4-6-8-25)30(41)38-17-15-37(16-18-38)24-11-9-23(10-12-24)35-29(40)27-19-22(20-33)21-34-27/h9-12,19,21,25-26,34H,4-8,13-18H2,1-3H3,(H,35,40)(H,36,42). The molecule has 1 aliphatic carbocycles. The maximum absolute atomic E-state index is 13.6. The number of aromatic amines is 1. The van der Waals surface area contributed by atoms with Crippen LogP contribution in [0.1, 0.15) is 81.8 Å². The summed E-state index contributed by atoms with van der Waals surface area (Å²) in [6, 6.07) is 9.94. The quantitative estimate of drug-likeness (QED) is 0.356. The van der Waals surface area contributed by atoms with Crippen LogP contribution in [0.2, 0.25) is 0 Å². The highest BCUT2D eigenvalue weighted by molar-refractivity contribution is 6.03. The van der Waals surface area contributed by atoms with Crippen LogP contribution in [0.3, 0.4) is 0 Å². The number of carbonyl (C=O) groups excluding carboxylic acids is 4. The van der Waals surface area contributed by atoms with E-state index < -0.39 is 17.7 Å². The number of alkyl carbamates (subject to hydrolysis) is 1. The second kappa shape index (κ2) is 14.8. The Morgan fingerprint density at radius 2 is 1.73 bits per heavy atom. The van der Waals surface area contributed by atoms with E-state index >= 15 is 0 Å². The molecule has 1 atom stereocenters. The maximum atomic E-state index is 13.6. The topological polar surface area (TPSA) is 157 Å². The molecular formula is C32H42N6O6. The zero-order chi connectivity index (χ0) is 31.7. The van der Waals surface area contributed by atoms with Crippen molar-refractivity contribution < 1.29 is 28.7 Å². The Kier molecular flexibility index (Phi) is 10.9. The molecule has 2 fully saturated rings. The van der Waals surface area contributed by atoms with Crippen LogP contribution in [0.4, 0.5) is 16.2 Å². The van der Waals surface area contributed by atoms with Gasteiger partial charge in [0.1, 0.15) is 29.5 Å². The molecule has 3 N–H and O–H groups in total. The lowest BCUT2D eigenvalue weighted by Crippen LogP contribution is -2.55. The fourth-order valence-corrected chi connectivity index (χ4v) is 5.35. The van der Waals surface area contributed by atoms with Gasteiger partial charge in [-0.1, -0.05) is 6.42 Å². The number of H-pyrrole nitrogens is 1. The third-order valence-electron chi connectivity index (χ3n) is 7.61. The van der Waals surface area contributed by atoms with Crippen molar-refractivity contribution in [2.24, 2.45) is 0 Å². The van der Waals surface area contributed by atoms with Gasteiger partial charge < -0.3 is 34.9 Å². The molecule has 1 aromatic carbocycles. The van der Waals surface area contributed by atoms with Gasteiger partial charge >= 0.3 is 12.1 Å². The number of aromatic nitrogens is 1. The van der Waals surface area contributed by atoms with Crippen molar-refractivity contribution in [1.82, 2.24) is 15.2 Å². The molecule has 236 valence electrons. The van der Waals surface area contributed by atoms with Crippen molar-refractivity contribution in [2.75, 3.05) is 36.4 Å². The summed E-state index contributed by atoms with van der Waals surface area (Å²) in [5, 5.41) is 14.4. The molecule has 12 nitrogen and oxygen atoms in total. The van der Waals surface area contributed by atoms with Gasteiger partial charge in [0.15, 0.2) is 0 Å². The molecule has 12 heteroatoms. The smallest absolute Gasteiger partial charge is 0.408 e. The molecule has 1 aromatic heterocycles. The van der Waals surface area contributed by atoms with Gasteiger partial charge in [-0.2, -0.15) is 5.26 Å². The molecule has 1 saturated heterocycles. The zero-order valence-electron chi connectivity index (χ0n) is 25.7. The van der Waals surface area contributed by atoms with Gasteiger partial charge in [0, 0.05) is 50.2 Å². The number of rotatable bonds is 9. The second-order valence-corrected chi connectivity index (χ2v) is 12.2. The number of ether oxygens (including phenoxy) is 2. The molecular weight excluding hydrogens is 564 g/mol. The summed E-state index contributed by atoms with van der Waals surface area (Å²) < 4.78 is 11.0. The van der Waals surface area contributed by atoms with E-state index in [4.69, 9.17) is 14.7 Å². The van der Waals surface area contributed by atoms with Crippen molar-refractivity contribution in [3.63, 3.8) is 0 Å².